The number of benzene rings is 1. The molecular weight excluding hydrogens is 231 g/mol. The first-order valence-corrected chi connectivity index (χ1v) is 6.17. The van der Waals surface area contributed by atoms with Crippen LogP contribution in [-0.2, 0) is 10.3 Å². The molecule has 100 valence electrons. The molecule has 0 spiro atoms. The van der Waals surface area contributed by atoms with Crippen molar-refractivity contribution < 1.29 is 9.18 Å². The van der Waals surface area contributed by atoms with Crippen molar-refractivity contribution in [1.29, 1.82) is 0 Å². The molecule has 0 aliphatic rings. The Balaban J connectivity index is 2.61. The van der Waals surface area contributed by atoms with Crippen molar-refractivity contribution in [2.45, 2.75) is 32.2 Å². The zero-order valence-corrected chi connectivity index (χ0v) is 11.2. The summed E-state index contributed by atoms with van der Waals surface area (Å²) < 4.78 is 13.2. The van der Waals surface area contributed by atoms with Crippen molar-refractivity contribution in [3.8, 4) is 0 Å². The molecule has 0 aliphatic heterocycles. The molecule has 0 atom stereocenters. The van der Waals surface area contributed by atoms with E-state index in [9.17, 15) is 9.18 Å². The van der Waals surface area contributed by atoms with E-state index in [1.54, 1.807) is 6.07 Å². The van der Waals surface area contributed by atoms with E-state index in [1.807, 2.05) is 27.0 Å². The second kappa shape index (κ2) is 6.50. The molecule has 0 bridgehead atoms. The maximum absolute atomic E-state index is 13.2. The molecule has 2 N–H and O–H groups in total. The van der Waals surface area contributed by atoms with Crippen LogP contribution in [0.15, 0.2) is 24.3 Å². The summed E-state index contributed by atoms with van der Waals surface area (Å²) in [4.78, 5) is 11.8. The lowest BCUT2D eigenvalue weighted by Crippen LogP contribution is -2.41. The number of carbonyl (C=O) groups excluding carboxylic acids is 1. The number of hydrogen-bond donors (Lipinski definition) is 2. The Morgan fingerprint density at radius 3 is 2.72 bits per heavy atom. The second-order valence-corrected chi connectivity index (χ2v) is 4.89. The van der Waals surface area contributed by atoms with E-state index < -0.39 is 5.54 Å². The van der Waals surface area contributed by atoms with Crippen molar-refractivity contribution in [1.82, 2.24) is 10.6 Å². The number of carbonyl (C=O) groups is 1. The summed E-state index contributed by atoms with van der Waals surface area (Å²) in [5, 5.41) is 5.92. The molecule has 3 nitrogen and oxygen atoms in total. The SMILES string of the molecule is CNCCCC(=O)NC(C)(C)c1cccc(F)c1. The average Bonchev–Trinajstić information content (AvgIpc) is 2.28. The summed E-state index contributed by atoms with van der Waals surface area (Å²) in [6.45, 7) is 4.56. The standard InChI is InChI=1S/C14H21FN2O/c1-14(2,11-6-4-7-12(15)10-11)17-13(18)8-5-9-16-3/h4,6-7,10,16H,5,8-9H2,1-3H3,(H,17,18). The van der Waals surface area contributed by atoms with Crippen LogP contribution in [0.3, 0.4) is 0 Å². The van der Waals surface area contributed by atoms with Gasteiger partial charge in [0.25, 0.3) is 0 Å². The highest BCUT2D eigenvalue weighted by Crippen LogP contribution is 2.20. The van der Waals surface area contributed by atoms with Crippen LogP contribution in [0.1, 0.15) is 32.3 Å². The Labute approximate surface area is 108 Å². The van der Waals surface area contributed by atoms with E-state index >= 15 is 0 Å². The van der Waals surface area contributed by atoms with Crippen LogP contribution in [0, 0.1) is 5.82 Å². The first-order valence-electron chi connectivity index (χ1n) is 6.17. The summed E-state index contributed by atoms with van der Waals surface area (Å²) in [5.41, 5.74) is 0.211. The number of amides is 1. The Morgan fingerprint density at radius 1 is 1.39 bits per heavy atom. The highest BCUT2D eigenvalue weighted by atomic mass is 19.1. The lowest BCUT2D eigenvalue weighted by atomic mass is 9.94. The summed E-state index contributed by atoms with van der Waals surface area (Å²) in [5.74, 6) is -0.301. The van der Waals surface area contributed by atoms with Crippen molar-refractivity contribution in [2.24, 2.45) is 0 Å². The number of hydrogen-bond acceptors (Lipinski definition) is 2. The van der Waals surface area contributed by atoms with Crippen molar-refractivity contribution >= 4 is 5.91 Å². The van der Waals surface area contributed by atoms with Gasteiger partial charge in [-0.2, -0.15) is 0 Å². The highest BCUT2D eigenvalue weighted by Gasteiger charge is 2.22. The number of nitrogens with one attached hydrogen (secondary N) is 2. The van der Waals surface area contributed by atoms with Crippen LogP contribution in [-0.4, -0.2) is 19.5 Å². The lowest BCUT2D eigenvalue weighted by molar-refractivity contribution is -0.122. The van der Waals surface area contributed by atoms with Gasteiger partial charge >= 0.3 is 0 Å². The smallest absolute Gasteiger partial charge is 0.220 e. The van der Waals surface area contributed by atoms with Gasteiger partial charge in [-0.05, 0) is 51.6 Å². The van der Waals surface area contributed by atoms with E-state index in [2.05, 4.69) is 10.6 Å². The monoisotopic (exact) mass is 252 g/mol. The lowest BCUT2D eigenvalue weighted by Gasteiger charge is -2.27. The fourth-order valence-electron chi connectivity index (χ4n) is 1.79. The Hall–Kier alpha value is -1.42. The second-order valence-electron chi connectivity index (χ2n) is 4.89. The molecule has 1 aromatic rings. The fourth-order valence-corrected chi connectivity index (χ4v) is 1.79. The van der Waals surface area contributed by atoms with Gasteiger partial charge in [-0.1, -0.05) is 12.1 Å². The van der Waals surface area contributed by atoms with Gasteiger partial charge in [-0.25, -0.2) is 4.39 Å². The first kappa shape index (κ1) is 14.6. The minimum Gasteiger partial charge on any atom is -0.347 e. The highest BCUT2D eigenvalue weighted by molar-refractivity contribution is 5.76. The molecule has 0 unspecified atom stereocenters. The molecule has 1 aromatic carbocycles. The van der Waals surface area contributed by atoms with Crippen LogP contribution >= 0.6 is 0 Å². The van der Waals surface area contributed by atoms with E-state index in [-0.39, 0.29) is 11.7 Å². The van der Waals surface area contributed by atoms with E-state index in [0.717, 1.165) is 18.5 Å². The molecule has 1 amide bonds. The molecular formula is C14H21FN2O. The topological polar surface area (TPSA) is 41.1 Å². The van der Waals surface area contributed by atoms with Gasteiger partial charge < -0.3 is 10.6 Å². The maximum atomic E-state index is 13.2. The van der Waals surface area contributed by atoms with Crippen LogP contribution in [0.2, 0.25) is 0 Å². The van der Waals surface area contributed by atoms with Crippen molar-refractivity contribution in [3.05, 3.63) is 35.6 Å². The normalized spacial score (nSPS) is 11.3. The van der Waals surface area contributed by atoms with E-state index in [4.69, 9.17) is 0 Å². The summed E-state index contributed by atoms with van der Waals surface area (Å²) >= 11 is 0. The third kappa shape index (κ3) is 4.45. The van der Waals surface area contributed by atoms with E-state index in [1.165, 1.54) is 12.1 Å². The van der Waals surface area contributed by atoms with Crippen molar-refractivity contribution in [2.75, 3.05) is 13.6 Å². The Bertz CT molecular complexity index is 405. The molecule has 0 heterocycles. The number of halogens is 1. The third-order valence-corrected chi connectivity index (χ3v) is 2.83. The maximum Gasteiger partial charge on any atom is 0.220 e. The van der Waals surface area contributed by atoms with Gasteiger partial charge in [0.2, 0.25) is 5.91 Å². The minimum atomic E-state index is -0.557. The van der Waals surface area contributed by atoms with Gasteiger partial charge in [0, 0.05) is 6.42 Å². The van der Waals surface area contributed by atoms with Crippen LogP contribution in [0.25, 0.3) is 0 Å². The average molecular weight is 252 g/mol. The van der Waals surface area contributed by atoms with E-state index in [0.29, 0.717) is 6.42 Å². The largest absolute Gasteiger partial charge is 0.347 e. The third-order valence-electron chi connectivity index (χ3n) is 2.83. The molecule has 0 fully saturated rings. The predicted octanol–water partition coefficient (Wildman–Crippen LogP) is 2.18. The quantitative estimate of drug-likeness (QED) is 0.762. The molecule has 4 heteroatoms. The van der Waals surface area contributed by atoms with Crippen LogP contribution in [0.5, 0.6) is 0 Å². The molecule has 0 saturated heterocycles. The van der Waals surface area contributed by atoms with Crippen LogP contribution in [0.4, 0.5) is 4.39 Å². The molecule has 1 rings (SSSR count). The first-order chi connectivity index (χ1) is 8.45. The van der Waals surface area contributed by atoms with Crippen molar-refractivity contribution in [3.63, 3.8) is 0 Å². The Kier molecular flexibility index (Phi) is 5.28. The summed E-state index contributed by atoms with van der Waals surface area (Å²) in [6, 6.07) is 6.32. The van der Waals surface area contributed by atoms with Gasteiger partial charge in [0.05, 0.1) is 5.54 Å². The molecule has 0 aromatic heterocycles. The van der Waals surface area contributed by atoms with Gasteiger partial charge in [0.15, 0.2) is 0 Å². The van der Waals surface area contributed by atoms with Crippen LogP contribution < -0.4 is 10.6 Å². The van der Waals surface area contributed by atoms with Gasteiger partial charge in [0.1, 0.15) is 5.82 Å². The Morgan fingerprint density at radius 2 is 2.11 bits per heavy atom. The zero-order valence-electron chi connectivity index (χ0n) is 11.2. The fraction of sp³-hybridized carbons (Fsp3) is 0.500. The molecule has 0 radical (unpaired) electrons. The predicted molar refractivity (Wildman–Crippen MR) is 70.7 cm³/mol. The molecule has 18 heavy (non-hydrogen) atoms. The number of rotatable bonds is 6. The molecule has 0 aliphatic carbocycles. The molecule has 0 saturated carbocycles. The van der Waals surface area contributed by atoms with Gasteiger partial charge in [-0.15, -0.1) is 0 Å². The summed E-state index contributed by atoms with van der Waals surface area (Å²) in [6.07, 6.45) is 1.27. The van der Waals surface area contributed by atoms with Gasteiger partial charge in [-0.3, -0.25) is 4.79 Å². The summed E-state index contributed by atoms with van der Waals surface area (Å²) in [7, 11) is 1.86. The minimum absolute atomic E-state index is 0.0143. The zero-order chi connectivity index (χ0) is 13.6.